The molecule has 0 amide bonds. The molecule has 0 aliphatic carbocycles. The second-order valence-corrected chi connectivity index (χ2v) is 2.85. The van der Waals surface area contributed by atoms with Gasteiger partial charge in [-0.05, 0) is 37.5 Å². The molecule has 1 nitrogen and oxygen atoms in total. The van der Waals surface area contributed by atoms with E-state index in [1.807, 2.05) is 25.2 Å². The SMILES string of the molecule is CCCCC=C=C/C=C(\C)CO. The highest BCUT2D eigenvalue weighted by molar-refractivity contribution is 5.10. The summed E-state index contributed by atoms with van der Waals surface area (Å²) in [6, 6.07) is 0. The molecule has 1 heteroatoms. The van der Waals surface area contributed by atoms with Crippen LogP contribution in [0.15, 0.2) is 29.5 Å². The first-order chi connectivity index (χ1) is 5.81. The minimum atomic E-state index is 0.132. The Kier molecular flexibility index (Phi) is 7.78. The average Bonchev–Trinajstić information content (AvgIpc) is 2.10. The van der Waals surface area contributed by atoms with E-state index in [0.717, 1.165) is 12.0 Å². The summed E-state index contributed by atoms with van der Waals surface area (Å²) in [5.74, 6) is 0. The molecular weight excluding hydrogens is 148 g/mol. The third-order valence-corrected chi connectivity index (χ3v) is 1.53. The van der Waals surface area contributed by atoms with E-state index in [1.165, 1.54) is 12.8 Å². The van der Waals surface area contributed by atoms with Gasteiger partial charge in [-0.1, -0.05) is 19.4 Å². The van der Waals surface area contributed by atoms with E-state index < -0.39 is 0 Å². The van der Waals surface area contributed by atoms with E-state index in [2.05, 4.69) is 12.7 Å². The first kappa shape index (κ1) is 11.2. The lowest BCUT2D eigenvalue weighted by Gasteiger charge is -1.86. The Morgan fingerprint density at radius 3 is 2.83 bits per heavy atom. The fourth-order valence-corrected chi connectivity index (χ4v) is 0.701. The second-order valence-electron chi connectivity index (χ2n) is 2.85. The van der Waals surface area contributed by atoms with Gasteiger partial charge in [0.25, 0.3) is 0 Å². The number of unbranched alkanes of at least 4 members (excludes halogenated alkanes) is 2. The van der Waals surface area contributed by atoms with Gasteiger partial charge in [0.1, 0.15) is 0 Å². The Balaban J connectivity index is 3.66. The standard InChI is InChI=1S/C11H18O/c1-3-4-5-6-7-8-9-11(2)10-12/h6,8-9,12H,3-5,10H2,1-2H3/b11-9+. The first-order valence-corrected chi connectivity index (χ1v) is 4.48. The Bertz CT molecular complexity index is 183. The lowest BCUT2D eigenvalue weighted by atomic mass is 10.2. The summed E-state index contributed by atoms with van der Waals surface area (Å²) in [5.41, 5.74) is 4.01. The van der Waals surface area contributed by atoms with Crippen LogP contribution in [0.1, 0.15) is 33.1 Å². The van der Waals surface area contributed by atoms with Crippen LogP contribution in [0.4, 0.5) is 0 Å². The Labute approximate surface area is 75.1 Å². The molecule has 68 valence electrons. The second kappa shape index (κ2) is 8.32. The van der Waals surface area contributed by atoms with E-state index in [4.69, 9.17) is 5.11 Å². The van der Waals surface area contributed by atoms with Crippen LogP contribution >= 0.6 is 0 Å². The molecule has 0 unspecified atom stereocenters. The van der Waals surface area contributed by atoms with Crippen LogP contribution in [0, 0.1) is 0 Å². The molecular formula is C11H18O. The van der Waals surface area contributed by atoms with Crippen molar-refractivity contribution in [1.82, 2.24) is 0 Å². The van der Waals surface area contributed by atoms with Crippen molar-refractivity contribution in [3.05, 3.63) is 29.5 Å². The molecule has 0 aromatic carbocycles. The highest BCUT2D eigenvalue weighted by Crippen LogP contribution is 1.94. The van der Waals surface area contributed by atoms with Crippen LogP contribution < -0.4 is 0 Å². The molecule has 0 atom stereocenters. The zero-order valence-corrected chi connectivity index (χ0v) is 8.01. The van der Waals surface area contributed by atoms with Crippen molar-refractivity contribution in [3.63, 3.8) is 0 Å². The highest BCUT2D eigenvalue weighted by Gasteiger charge is 1.78. The fraction of sp³-hybridized carbons (Fsp3) is 0.545. The highest BCUT2D eigenvalue weighted by atomic mass is 16.3. The maximum Gasteiger partial charge on any atom is 0.0642 e. The molecule has 0 aliphatic heterocycles. The smallest absolute Gasteiger partial charge is 0.0642 e. The average molecular weight is 166 g/mol. The van der Waals surface area contributed by atoms with E-state index in [1.54, 1.807) is 0 Å². The summed E-state index contributed by atoms with van der Waals surface area (Å²) in [4.78, 5) is 0. The van der Waals surface area contributed by atoms with Gasteiger partial charge in [-0.25, -0.2) is 0 Å². The third kappa shape index (κ3) is 7.33. The van der Waals surface area contributed by atoms with Gasteiger partial charge < -0.3 is 5.11 Å². The van der Waals surface area contributed by atoms with Crippen LogP contribution in [0.3, 0.4) is 0 Å². The molecule has 0 aromatic rings. The van der Waals surface area contributed by atoms with Gasteiger partial charge in [0.05, 0.1) is 6.61 Å². The minimum Gasteiger partial charge on any atom is -0.392 e. The Hall–Kier alpha value is -0.780. The topological polar surface area (TPSA) is 20.2 Å². The summed E-state index contributed by atoms with van der Waals surface area (Å²) < 4.78 is 0. The van der Waals surface area contributed by atoms with Crippen molar-refractivity contribution in [2.75, 3.05) is 6.61 Å². The van der Waals surface area contributed by atoms with Gasteiger partial charge in [0.15, 0.2) is 0 Å². The van der Waals surface area contributed by atoms with Gasteiger partial charge in [-0.2, -0.15) is 0 Å². The number of hydrogen-bond acceptors (Lipinski definition) is 1. The Morgan fingerprint density at radius 1 is 1.50 bits per heavy atom. The van der Waals surface area contributed by atoms with E-state index in [9.17, 15) is 0 Å². The number of aliphatic hydroxyl groups is 1. The summed E-state index contributed by atoms with van der Waals surface area (Å²) in [6.07, 6.45) is 9.31. The number of hydrogen-bond donors (Lipinski definition) is 1. The van der Waals surface area contributed by atoms with Crippen molar-refractivity contribution in [2.24, 2.45) is 0 Å². The molecule has 0 aliphatic rings. The minimum absolute atomic E-state index is 0.132. The largest absolute Gasteiger partial charge is 0.392 e. The van der Waals surface area contributed by atoms with Crippen molar-refractivity contribution in [2.45, 2.75) is 33.1 Å². The van der Waals surface area contributed by atoms with Gasteiger partial charge in [-0.15, -0.1) is 5.73 Å². The van der Waals surface area contributed by atoms with Gasteiger partial charge in [0, 0.05) is 0 Å². The van der Waals surface area contributed by atoms with Crippen LogP contribution in [-0.2, 0) is 0 Å². The van der Waals surface area contributed by atoms with E-state index in [0.29, 0.717) is 0 Å². The zero-order chi connectivity index (χ0) is 9.23. The van der Waals surface area contributed by atoms with Crippen molar-refractivity contribution < 1.29 is 5.11 Å². The zero-order valence-electron chi connectivity index (χ0n) is 8.01. The molecule has 0 spiro atoms. The lowest BCUT2D eigenvalue weighted by Crippen LogP contribution is -1.80. The van der Waals surface area contributed by atoms with Gasteiger partial charge in [-0.3, -0.25) is 0 Å². The maximum atomic E-state index is 8.65. The fourth-order valence-electron chi connectivity index (χ4n) is 0.701. The number of rotatable bonds is 5. The molecule has 0 saturated carbocycles. The maximum absolute atomic E-state index is 8.65. The summed E-state index contributed by atoms with van der Waals surface area (Å²) >= 11 is 0. The predicted octanol–water partition coefficient (Wildman–Crippen LogP) is 2.83. The summed E-state index contributed by atoms with van der Waals surface area (Å²) in [7, 11) is 0. The van der Waals surface area contributed by atoms with Crippen molar-refractivity contribution in [1.29, 1.82) is 0 Å². The molecule has 0 fully saturated rings. The molecule has 0 heterocycles. The van der Waals surface area contributed by atoms with Crippen molar-refractivity contribution >= 4 is 0 Å². The van der Waals surface area contributed by atoms with Gasteiger partial charge in [0.2, 0.25) is 0 Å². The molecule has 0 aromatic heterocycles. The van der Waals surface area contributed by atoms with Crippen LogP contribution in [0.2, 0.25) is 0 Å². The molecule has 0 saturated heterocycles. The number of aliphatic hydroxyl groups excluding tert-OH is 1. The number of allylic oxidation sites excluding steroid dienone is 2. The summed E-state index contributed by atoms with van der Waals surface area (Å²) in [6.45, 7) is 4.20. The Morgan fingerprint density at radius 2 is 2.25 bits per heavy atom. The van der Waals surface area contributed by atoms with E-state index in [-0.39, 0.29) is 6.61 Å². The van der Waals surface area contributed by atoms with Crippen LogP contribution in [-0.4, -0.2) is 11.7 Å². The lowest BCUT2D eigenvalue weighted by molar-refractivity contribution is 0.331. The molecule has 0 radical (unpaired) electrons. The van der Waals surface area contributed by atoms with Crippen LogP contribution in [0.5, 0.6) is 0 Å². The van der Waals surface area contributed by atoms with Crippen molar-refractivity contribution in [3.8, 4) is 0 Å². The summed E-state index contributed by atoms with van der Waals surface area (Å²) in [5, 5.41) is 8.65. The normalized spacial score (nSPS) is 10.8. The third-order valence-electron chi connectivity index (χ3n) is 1.53. The van der Waals surface area contributed by atoms with E-state index >= 15 is 0 Å². The quantitative estimate of drug-likeness (QED) is 0.378. The molecule has 12 heavy (non-hydrogen) atoms. The molecule has 0 bridgehead atoms. The molecule has 0 rings (SSSR count). The first-order valence-electron chi connectivity index (χ1n) is 4.48. The monoisotopic (exact) mass is 166 g/mol. The predicted molar refractivity (Wildman–Crippen MR) is 53.0 cm³/mol. The van der Waals surface area contributed by atoms with Crippen LogP contribution in [0.25, 0.3) is 0 Å². The molecule has 1 N–H and O–H groups in total. The van der Waals surface area contributed by atoms with Gasteiger partial charge >= 0.3 is 0 Å².